The standard InChI is InChI=1S/C12H25N3O.HI/c1-11(2)16-10-6-7-14-12(13)15-8-4-3-5-9-15;/h11H,3-10H2,1-2H3,(H2,13,14);1H. The highest BCUT2D eigenvalue weighted by atomic mass is 127. The molecule has 0 aliphatic carbocycles. The van der Waals surface area contributed by atoms with Gasteiger partial charge in [-0.2, -0.15) is 0 Å². The maximum absolute atomic E-state index is 5.93. The molecule has 1 saturated heterocycles. The Balaban J connectivity index is 0.00000256. The Morgan fingerprint density at radius 1 is 1.29 bits per heavy atom. The van der Waals surface area contributed by atoms with Crippen molar-refractivity contribution in [2.45, 2.75) is 45.6 Å². The molecule has 0 aromatic rings. The van der Waals surface area contributed by atoms with Crippen LogP contribution in [0.3, 0.4) is 0 Å². The minimum atomic E-state index is 0. The second-order valence-corrected chi connectivity index (χ2v) is 4.56. The monoisotopic (exact) mass is 355 g/mol. The number of halogens is 1. The summed E-state index contributed by atoms with van der Waals surface area (Å²) in [7, 11) is 0. The molecule has 1 aliphatic heterocycles. The molecule has 1 aliphatic rings. The van der Waals surface area contributed by atoms with E-state index in [1.54, 1.807) is 0 Å². The number of nitrogens with zero attached hydrogens (tertiary/aromatic N) is 2. The van der Waals surface area contributed by atoms with E-state index in [1.807, 2.05) is 13.8 Å². The van der Waals surface area contributed by atoms with E-state index >= 15 is 0 Å². The molecule has 102 valence electrons. The van der Waals surface area contributed by atoms with Gasteiger partial charge in [-0.15, -0.1) is 24.0 Å². The van der Waals surface area contributed by atoms with Crippen LogP contribution in [0.2, 0.25) is 0 Å². The largest absolute Gasteiger partial charge is 0.379 e. The third-order valence-electron chi connectivity index (χ3n) is 2.71. The van der Waals surface area contributed by atoms with Gasteiger partial charge in [0.1, 0.15) is 0 Å². The summed E-state index contributed by atoms with van der Waals surface area (Å²) in [6, 6.07) is 0. The van der Waals surface area contributed by atoms with Crippen molar-refractivity contribution < 1.29 is 4.74 Å². The van der Waals surface area contributed by atoms with Crippen LogP contribution in [0.1, 0.15) is 39.5 Å². The summed E-state index contributed by atoms with van der Waals surface area (Å²) >= 11 is 0. The first-order valence-electron chi connectivity index (χ1n) is 6.36. The van der Waals surface area contributed by atoms with Crippen molar-refractivity contribution in [1.82, 2.24) is 4.90 Å². The Morgan fingerprint density at radius 3 is 2.53 bits per heavy atom. The second kappa shape index (κ2) is 9.94. The summed E-state index contributed by atoms with van der Waals surface area (Å²) in [5.74, 6) is 0.712. The zero-order valence-electron chi connectivity index (χ0n) is 11.0. The smallest absolute Gasteiger partial charge is 0.191 e. The van der Waals surface area contributed by atoms with Gasteiger partial charge in [0.2, 0.25) is 0 Å². The van der Waals surface area contributed by atoms with Gasteiger partial charge in [0.25, 0.3) is 0 Å². The number of guanidine groups is 1. The van der Waals surface area contributed by atoms with Gasteiger partial charge in [0, 0.05) is 26.2 Å². The molecule has 4 nitrogen and oxygen atoms in total. The van der Waals surface area contributed by atoms with Crippen LogP contribution in [-0.4, -0.2) is 43.2 Å². The Bertz CT molecular complexity index is 216. The number of piperidine rings is 1. The molecule has 0 bridgehead atoms. The van der Waals surface area contributed by atoms with Crippen molar-refractivity contribution in [3.8, 4) is 0 Å². The minimum Gasteiger partial charge on any atom is -0.379 e. The fourth-order valence-corrected chi connectivity index (χ4v) is 1.80. The zero-order chi connectivity index (χ0) is 11.8. The van der Waals surface area contributed by atoms with Crippen LogP contribution < -0.4 is 5.73 Å². The summed E-state index contributed by atoms with van der Waals surface area (Å²) in [5, 5.41) is 0. The maximum Gasteiger partial charge on any atom is 0.191 e. The molecule has 2 N–H and O–H groups in total. The molecule has 0 aromatic carbocycles. The SMILES string of the molecule is CC(C)OCCCN=C(N)N1CCCCC1.I. The lowest BCUT2D eigenvalue weighted by Gasteiger charge is -2.27. The number of likely N-dealkylation sites (tertiary alicyclic amines) is 1. The van der Waals surface area contributed by atoms with Gasteiger partial charge < -0.3 is 15.4 Å². The van der Waals surface area contributed by atoms with Crippen LogP contribution in [0.15, 0.2) is 4.99 Å². The Hall–Kier alpha value is -0.0400. The Labute approximate surface area is 122 Å². The van der Waals surface area contributed by atoms with Crippen molar-refractivity contribution in [2.24, 2.45) is 10.7 Å². The number of nitrogens with two attached hydrogens (primary N) is 1. The predicted octanol–water partition coefficient (Wildman–Crippen LogP) is 2.22. The normalized spacial score (nSPS) is 17.1. The Morgan fingerprint density at radius 2 is 1.94 bits per heavy atom. The van der Waals surface area contributed by atoms with E-state index in [1.165, 1.54) is 19.3 Å². The molecule has 0 radical (unpaired) electrons. The van der Waals surface area contributed by atoms with Crippen LogP contribution >= 0.6 is 24.0 Å². The highest BCUT2D eigenvalue weighted by molar-refractivity contribution is 14.0. The first-order chi connectivity index (χ1) is 7.70. The number of hydrogen-bond acceptors (Lipinski definition) is 2. The van der Waals surface area contributed by atoms with E-state index in [9.17, 15) is 0 Å². The molecule has 1 rings (SSSR count). The summed E-state index contributed by atoms with van der Waals surface area (Å²) in [5.41, 5.74) is 5.93. The van der Waals surface area contributed by atoms with Gasteiger partial charge in [-0.05, 0) is 39.5 Å². The van der Waals surface area contributed by atoms with Gasteiger partial charge in [-0.1, -0.05) is 0 Å². The van der Waals surface area contributed by atoms with E-state index in [2.05, 4.69) is 9.89 Å². The van der Waals surface area contributed by atoms with E-state index in [0.717, 1.165) is 32.7 Å². The molecule has 0 unspecified atom stereocenters. The van der Waals surface area contributed by atoms with Crippen molar-refractivity contribution in [1.29, 1.82) is 0 Å². The van der Waals surface area contributed by atoms with Crippen molar-refractivity contribution in [2.75, 3.05) is 26.2 Å². The van der Waals surface area contributed by atoms with Gasteiger partial charge in [-0.25, -0.2) is 0 Å². The molecule has 17 heavy (non-hydrogen) atoms. The second-order valence-electron chi connectivity index (χ2n) is 4.56. The van der Waals surface area contributed by atoms with E-state index < -0.39 is 0 Å². The van der Waals surface area contributed by atoms with Crippen LogP contribution in [-0.2, 0) is 4.74 Å². The van der Waals surface area contributed by atoms with Crippen molar-refractivity contribution in [3.63, 3.8) is 0 Å². The summed E-state index contributed by atoms with van der Waals surface area (Å²) in [4.78, 5) is 6.57. The third-order valence-corrected chi connectivity index (χ3v) is 2.71. The summed E-state index contributed by atoms with van der Waals surface area (Å²) < 4.78 is 5.45. The Kier molecular flexibility index (Phi) is 9.91. The van der Waals surface area contributed by atoms with Crippen LogP contribution in [0.4, 0.5) is 0 Å². The zero-order valence-corrected chi connectivity index (χ0v) is 13.4. The third kappa shape index (κ3) is 7.81. The molecule has 0 atom stereocenters. The number of ether oxygens (including phenoxy) is 1. The predicted molar refractivity (Wildman–Crippen MR) is 83.0 cm³/mol. The van der Waals surface area contributed by atoms with E-state index in [4.69, 9.17) is 10.5 Å². The quantitative estimate of drug-likeness (QED) is 0.356. The minimum absolute atomic E-state index is 0. The van der Waals surface area contributed by atoms with Gasteiger partial charge >= 0.3 is 0 Å². The molecule has 5 heteroatoms. The van der Waals surface area contributed by atoms with Crippen molar-refractivity contribution >= 4 is 29.9 Å². The number of rotatable bonds is 5. The van der Waals surface area contributed by atoms with Crippen LogP contribution in [0, 0.1) is 0 Å². The lowest BCUT2D eigenvalue weighted by molar-refractivity contribution is 0.0782. The van der Waals surface area contributed by atoms with Gasteiger partial charge in [-0.3, -0.25) is 4.99 Å². The van der Waals surface area contributed by atoms with Gasteiger partial charge in [0.15, 0.2) is 5.96 Å². The number of aliphatic imine (C=N–C) groups is 1. The molecular weight excluding hydrogens is 329 g/mol. The maximum atomic E-state index is 5.93. The summed E-state index contributed by atoms with van der Waals surface area (Å²) in [6.45, 7) is 7.77. The van der Waals surface area contributed by atoms with E-state index in [0.29, 0.717) is 12.1 Å². The fourth-order valence-electron chi connectivity index (χ4n) is 1.80. The molecule has 1 heterocycles. The summed E-state index contributed by atoms with van der Waals surface area (Å²) in [6.07, 6.45) is 5.07. The fraction of sp³-hybridized carbons (Fsp3) is 0.917. The molecule has 0 amide bonds. The first kappa shape index (κ1) is 17.0. The van der Waals surface area contributed by atoms with Crippen LogP contribution in [0.25, 0.3) is 0 Å². The molecule has 0 saturated carbocycles. The number of hydrogen-bond donors (Lipinski definition) is 1. The van der Waals surface area contributed by atoms with Crippen LogP contribution in [0.5, 0.6) is 0 Å². The average molecular weight is 355 g/mol. The highest BCUT2D eigenvalue weighted by Crippen LogP contribution is 2.07. The first-order valence-corrected chi connectivity index (χ1v) is 6.36. The highest BCUT2D eigenvalue weighted by Gasteiger charge is 2.11. The molecule has 0 aromatic heterocycles. The lowest BCUT2D eigenvalue weighted by atomic mass is 10.1. The molecule has 0 spiro atoms. The topological polar surface area (TPSA) is 50.9 Å². The molecular formula is C12H26IN3O. The van der Waals surface area contributed by atoms with E-state index in [-0.39, 0.29) is 24.0 Å². The average Bonchev–Trinajstić information content (AvgIpc) is 2.29. The van der Waals surface area contributed by atoms with Gasteiger partial charge in [0.05, 0.1) is 6.10 Å². The van der Waals surface area contributed by atoms with Crippen molar-refractivity contribution in [3.05, 3.63) is 0 Å². The molecule has 1 fully saturated rings. The lowest BCUT2D eigenvalue weighted by Crippen LogP contribution is -2.40.